The maximum absolute atomic E-state index is 13.0. The number of hydrogen-bond donors (Lipinski definition) is 3. The van der Waals surface area contributed by atoms with E-state index in [9.17, 15) is 18.8 Å². The summed E-state index contributed by atoms with van der Waals surface area (Å²) in [6.45, 7) is 0.494. The van der Waals surface area contributed by atoms with Crippen molar-refractivity contribution in [1.29, 1.82) is 0 Å². The van der Waals surface area contributed by atoms with Crippen molar-refractivity contribution in [2.45, 2.75) is 13.0 Å². The van der Waals surface area contributed by atoms with Crippen LogP contribution in [0.3, 0.4) is 0 Å². The fourth-order valence-electron chi connectivity index (χ4n) is 2.85. The van der Waals surface area contributed by atoms with Crippen LogP contribution in [0.15, 0.2) is 77.3 Å². The Kier molecular flexibility index (Phi) is 8.10. The van der Waals surface area contributed by atoms with Crippen molar-refractivity contribution in [2.75, 3.05) is 11.9 Å². The van der Waals surface area contributed by atoms with Crippen molar-refractivity contribution >= 4 is 39.3 Å². The molecule has 0 aliphatic carbocycles. The molecule has 0 saturated carbocycles. The van der Waals surface area contributed by atoms with Crippen molar-refractivity contribution in [3.8, 4) is 0 Å². The molecule has 32 heavy (non-hydrogen) atoms. The summed E-state index contributed by atoms with van der Waals surface area (Å²) in [4.78, 5) is 36.4. The Balaban J connectivity index is 1.43. The molecule has 3 rings (SSSR count). The molecule has 0 aliphatic rings. The topological polar surface area (TPSA) is 87.3 Å². The van der Waals surface area contributed by atoms with E-state index in [1.807, 2.05) is 6.07 Å². The summed E-state index contributed by atoms with van der Waals surface area (Å²) < 4.78 is 13.9. The van der Waals surface area contributed by atoms with Gasteiger partial charge in [-0.15, -0.1) is 0 Å². The molecule has 0 spiro atoms. The summed E-state index contributed by atoms with van der Waals surface area (Å²) >= 11 is 3.31. The number of carbonyl (C=O) groups excluding carboxylic acids is 3. The van der Waals surface area contributed by atoms with E-state index >= 15 is 0 Å². The molecule has 0 fully saturated rings. The predicted molar refractivity (Wildman–Crippen MR) is 124 cm³/mol. The summed E-state index contributed by atoms with van der Waals surface area (Å²) in [5.41, 5.74) is 2.23. The monoisotopic (exact) mass is 497 g/mol. The lowest BCUT2D eigenvalue weighted by molar-refractivity contribution is -0.121. The van der Waals surface area contributed by atoms with Gasteiger partial charge in [-0.2, -0.15) is 0 Å². The lowest BCUT2D eigenvalue weighted by Gasteiger charge is -2.09. The van der Waals surface area contributed by atoms with Crippen molar-refractivity contribution in [3.05, 3.63) is 99.8 Å². The maximum atomic E-state index is 13.0. The molecule has 164 valence electrons. The van der Waals surface area contributed by atoms with Gasteiger partial charge in [0, 0.05) is 40.8 Å². The SMILES string of the molecule is O=C(CCNC(=O)c1ccc(Br)cc1)NCc1cccc(NC(=O)c2ccc(F)cc2)c1. The van der Waals surface area contributed by atoms with Crippen LogP contribution in [0.1, 0.15) is 32.7 Å². The minimum absolute atomic E-state index is 0.142. The fourth-order valence-corrected chi connectivity index (χ4v) is 3.11. The van der Waals surface area contributed by atoms with Gasteiger partial charge < -0.3 is 16.0 Å². The molecular formula is C24H21BrFN3O3. The highest BCUT2D eigenvalue weighted by Gasteiger charge is 2.08. The van der Waals surface area contributed by atoms with Gasteiger partial charge in [-0.1, -0.05) is 28.1 Å². The highest BCUT2D eigenvalue weighted by Crippen LogP contribution is 2.13. The fraction of sp³-hybridized carbons (Fsp3) is 0.125. The van der Waals surface area contributed by atoms with Crippen LogP contribution in [0.25, 0.3) is 0 Å². The maximum Gasteiger partial charge on any atom is 0.255 e. The normalized spacial score (nSPS) is 10.3. The van der Waals surface area contributed by atoms with Crippen molar-refractivity contribution in [3.63, 3.8) is 0 Å². The first-order valence-corrected chi connectivity index (χ1v) is 10.7. The second kappa shape index (κ2) is 11.2. The first-order chi connectivity index (χ1) is 15.4. The van der Waals surface area contributed by atoms with Crippen LogP contribution in [0, 0.1) is 5.82 Å². The Labute approximate surface area is 193 Å². The van der Waals surface area contributed by atoms with Crippen LogP contribution in [0.4, 0.5) is 10.1 Å². The number of halogens is 2. The van der Waals surface area contributed by atoms with E-state index in [1.54, 1.807) is 42.5 Å². The molecule has 0 saturated heterocycles. The van der Waals surface area contributed by atoms with Gasteiger partial charge in [0.25, 0.3) is 11.8 Å². The van der Waals surface area contributed by atoms with Crippen LogP contribution in [-0.2, 0) is 11.3 Å². The second-order valence-corrected chi connectivity index (χ2v) is 7.87. The molecule has 3 amide bonds. The molecule has 6 nitrogen and oxygen atoms in total. The van der Waals surface area contributed by atoms with Gasteiger partial charge in [-0.05, 0) is 66.2 Å². The van der Waals surface area contributed by atoms with Gasteiger partial charge in [0.15, 0.2) is 0 Å². The van der Waals surface area contributed by atoms with Gasteiger partial charge in [0.1, 0.15) is 5.82 Å². The molecule has 0 heterocycles. The number of carbonyl (C=O) groups is 3. The van der Waals surface area contributed by atoms with E-state index in [4.69, 9.17) is 0 Å². The average Bonchev–Trinajstić information content (AvgIpc) is 2.79. The number of hydrogen-bond acceptors (Lipinski definition) is 3. The highest BCUT2D eigenvalue weighted by atomic mass is 79.9. The van der Waals surface area contributed by atoms with Gasteiger partial charge in [0.05, 0.1) is 0 Å². The summed E-state index contributed by atoms with van der Waals surface area (Å²) in [6, 6.07) is 19.3. The average molecular weight is 498 g/mol. The van der Waals surface area contributed by atoms with Crippen LogP contribution in [-0.4, -0.2) is 24.3 Å². The minimum atomic E-state index is -0.410. The van der Waals surface area contributed by atoms with Crippen molar-refractivity contribution < 1.29 is 18.8 Å². The lowest BCUT2D eigenvalue weighted by Crippen LogP contribution is -2.30. The van der Waals surface area contributed by atoms with E-state index in [0.29, 0.717) is 16.8 Å². The molecule has 0 aliphatic heterocycles. The molecule has 3 N–H and O–H groups in total. The van der Waals surface area contributed by atoms with Gasteiger partial charge in [-0.3, -0.25) is 14.4 Å². The predicted octanol–water partition coefficient (Wildman–Crippen LogP) is 4.28. The molecule has 0 bridgehead atoms. The Bertz CT molecular complexity index is 1100. The van der Waals surface area contributed by atoms with Gasteiger partial charge in [-0.25, -0.2) is 4.39 Å². The number of nitrogens with one attached hydrogen (secondary N) is 3. The second-order valence-electron chi connectivity index (χ2n) is 6.95. The Hall–Kier alpha value is -3.52. The zero-order valence-corrected chi connectivity index (χ0v) is 18.6. The van der Waals surface area contributed by atoms with E-state index in [-0.39, 0.29) is 37.2 Å². The van der Waals surface area contributed by atoms with Crippen LogP contribution in [0.2, 0.25) is 0 Å². The molecular weight excluding hydrogens is 477 g/mol. The van der Waals surface area contributed by atoms with E-state index in [2.05, 4.69) is 31.9 Å². The molecule has 0 aromatic heterocycles. The van der Waals surface area contributed by atoms with E-state index in [0.717, 1.165) is 10.0 Å². The van der Waals surface area contributed by atoms with Crippen molar-refractivity contribution in [2.24, 2.45) is 0 Å². The summed E-state index contributed by atoms with van der Waals surface area (Å²) in [5.74, 6) is -1.21. The van der Waals surface area contributed by atoms with Crippen LogP contribution < -0.4 is 16.0 Å². The Morgan fingerprint density at radius 3 is 2.19 bits per heavy atom. The first-order valence-electron chi connectivity index (χ1n) is 9.87. The molecule has 3 aromatic carbocycles. The number of benzene rings is 3. The first kappa shape index (κ1) is 23.1. The van der Waals surface area contributed by atoms with E-state index < -0.39 is 5.82 Å². The Morgan fingerprint density at radius 1 is 0.812 bits per heavy atom. The third-order valence-corrected chi connectivity index (χ3v) is 5.05. The Morgan fingerprint density at radius 2 is 1.47 bits per heavy atom. The molecule has 8 heteroatoms. The third-order valence-electron chi connectivity index (χ3n) is 4.52. The smallest absolute Gasteiger partial charge is 0.255 e. The largest absolute Gasteiger partial charge is 0.352 e. The standard InChI is InChI=1S/C24H21BrFN3O3/c25-19-8-4-17(5-9-19)23(31)27-13-12-22(30)28-15-16-2-1-3-21(14-16)29-24(32)18-6-10-20(26)11-7-18/h1-11,14H,12-13,15H2,(H,27,31)(H,28,30)(H,29,32). The van der Waals surface area contributed by atoms with Crippen LogP contribution >= 0.6 is 15.9 Å². The summed E-state index contributed by atoms with van der Waals surface area (Å²) in [7, 11) is 0. The summed E-state index contributed by atoms with van der Waals surface area (Å²) in [6.07, 6.45) is 0.142. The zero-order chi connectivity index (χ0) is 22.9. The van der Waals surface area contributed by atoms with Crippen molar-refractivity contribution in [1.82, 2.24) is 10.6 Å². The van der Waals surface area contributed by atoms with Gasteiger partial charge >= 0.3 is 0 Å². The van der Waals surface area contributed by atoms with Gasteiger partial charge in [0.2, 0.25) is 5.91 Å². The summed E-state index contributed by atoms with van der Waals surface area (Å²) in [5, 5.41) is 8.25. The molecule has 0 unspecified atom stereocenters. The number of anilines is 1. The third kappa shape index (κ3) is 7.02. The lowest BCUT2D eigenvalue weighted by atomic mass is 10.1. The zero-order valence-electron chi connectivity index (χ0n) is 17.0. The van der Waals surface area contributed by atoms with E-state index in [1.165, 1.54) is 24.3 Å². The highest BCUT2D eigenvalue weighted by molar-refractivity contribution is 9.10. The molecule has 3 aromatic rings. The molecule has 0 radical (unpaired) electrons. The van der Waals surface area contributed by atoms with Crippen LogP contribution in [0.5, 0.6) is 0 Å². The quantitative estimate of drug-likeness (QED) is 0.434. The number of amides is 3. The molecule has 0 atom stereocenters. The minimum Gasteiger partial charge on any atom is -0.352 e. The number of rotatable bonds is 8.